The number of hydrogen-bond donors (Lipinski definition) is 2. The summed E-state index contributed by atoms with van der Waals surface area (Å²) in [6, 6.07) is 6.83. The molecule has 29 heavy (non-hydrogen) atoms. The van der Waals surface area contributed by atoms with Crippen molar-refractivity contribution < 1.29 is 28.6 Å². The van der Waals surface area contributed by atoms with Crippen LogP contribution in [0.2, 0.25) is 0 Å². The minimum atomic E-state index is -1.80. The first-order valence-corrected chi connectivity index (χ1v) is 9.60. The van der Waals surface area contributed by atoms with E-state index in [1.807, 2.05) is 6.92 Å². The van der Waals surface area contributed by atoms with Crippen LogP contribution in [-0.2, 0) is 34.0 Å². The molecule has 0 radical (unpaired) electrons. The predicted molar refractivity (Wildman–Crippen MR) is 104 cm³/mol. The molecule has 1 spiro atoms. The summed E-state index contributed by atoms with van der Waals surface area (Å²) in [5.74, 6) is -2.19. The third kappa shape index (κ3) is 3.04. The standard InChI is InChI=1S/C21H24N2O6/c1-4-9-14-15(18(24)27-5-2)21(16(17(22)29-14)19(25)28-6-3)12-10-7-8-11-13(12)23-20(21)26/h7-8,10-11H,4-6,9,22H2,1-3H3,(H,23,26). The number of rotatable bonds is 6. The molecule has 8 heteroatoms. The van der Waals surface area contributed by atoms with Crippen molar-refractivity contribution in [2.45, 2.75) is 39.0 Å². The van der Waals surface area contributed by atoms with Crippen LogP contribution in [0, 0.1) is 0 Å². The fourth-order valence-electron chi connectivity index (χ4n) is 3.84. The Labute approximate surface area is 168 Å². The van der Waals surface area contributed by atoms with Gasteiger partial charge in [-0.2, -0.15) is 0 Å². The highest BCUT2D eigenvalue weighted by molar-refractivity contribution is 6.21. The number of benzene rings is 1. The molecule has 2 heterocycles. The lowest BCUT2D eigenvalue weighted by Crippen LogP contribution is -2.48. The number of nitrogens with one attached hydrogen (secondary N) is 1. The Morgan fingerprint density at radius 3 is 2.31 bits per heavy atom. The molecule has 0 aliphatic carbocycles. The van der Waals surface area contributed by atoms with Gasteiger partial charge < -0.3 is 25.3 Å². The molecule has 0 saturated carbocycles. The van der Waals surface area contributed by atoms with Gasteiger partial charge in [0.2, 0.25) is 11.8 Å². The quantitative estimate of drug-likeness (QED) is 0.703. The topological polar surface area (TPSA) is 117 Å². The van der Waals surface area contributed by atoms with Crippen LogP contribution in [0.4, 0.5) is 5.69 Å². The average Bonchev–Trinajstić information content (AvgIpc) is 2.95. The number of carbonyl (C=O) groups is 3. The molecule has 0 aromatic heterocycles. The van der Waals surface area contributed by atoms with Crippen molar-refractivity contribution in [2.75, 3.05) is 18.5 Å². The number of allylic oxidation sites excluding steroid dienone is 1. The minimum Gasteiger partial charge on any atom is -0.462 e. The number of amides is 1. The van der Waals surface area contributed by atoms with Gasteiger partial charge in [-0.15, -0.1) is 0 Å². The van der Waals surface area contributed by atoms with E-state index in [1.165, 1.54) is 0 Å². The smallest absolute Gasteiger partial charge is 0.341 e. The number of carbonyl (C=O) groups excluding carboxylic acids is 3. The Morgan fingerprint density at radius 1 is 1.07 bits per heavy atom. The Bertz CT molecular complexity index is 933. The second-order valence-corrected chi connectivity index (χ2v) is 6.58. The van der Waals surface area contributed by atoms with E-state index in [-0.39, 0.29) is 36.0 Å². The van der Waals surface area contributed by atoms with E-state index in [2.05, 4.69) is 5.32 Å². The van der Waals surface area contributed by atoms with Crippen LogP contribution >= 0.6 is 0 Å². The summed E-state index contributed by atoms with van der Waals surface area (Å²) in [6.07, 6.45) is 0.960. The van der Waals surface area contributed by atoms with E-state index in [9.17, 15) is 14.4 Å². The summed E-state index contributed by atoms with van der Waals surface area (Å²) in [4.78, 5) is 39.4. The zero-order valence-corrected chi connectivity index (χ0v) is 16.7. The maximum Gasteiger partial charge on any atom is 0.341 e. The van der Waals surface area contributed by atoms with Gasteiger partial charge in [0.05, 0.1) is 13.2 Å². The molecule has 2 aliphatic rings. The Balaban J connectivity index is 2.39. The van der Waals surface area contributed by atoms with Crippen molar-refractivity contribution in [3.63, 3.8) is 0 Å². The fourth-order valence-corrected chi connectivity index (χ4v) is 3.84. The molecule has 1 unspecified atom stereocenters. The lowest BCUT2D eigenvalue weighted by molar-refractivity contribution is -0.143. The van der Waals surface area contributed by atoms with Crippen LogP contribution in [0.15, 0.2) is 47.1 Å². The maximum atomic E-state index is 13.4. The molecule has 1 amide bonds. The summed E-state index contributed by atoms with van der Waals surface area (Å²) in [7, 11) is 0. The van der Waals surface area contributed by atoms with E-state index >= 15 is 0 Å². The molecule has 0 saturated heterocycles. The SMILES string of the molecule is CCCC1=C(C(=O)OCC)C2(C(=O)Nc3ccccc32)C(C(=O)OCC)=C(N)O1. The number of nitrogens with two attached hydrogens (primary N) is 1. The van der Waals surface area contributed by atoms with Crippen LogP contribution in [0.25, 0.3) is 0 Å². The van der Waals surface area contributed by atoms with Crippen LogP contribution < -0.4 is 11.1 Å². The van der Waals surface area contributed by atoms with Crippen molar-refractivity contribution in [1.29, 1.82) is 0 Å². The molecule has 0 fully saturated rings. The van der Waals surface area contributed by atoms with Crippen LogP contribution in [0.5, 0.6) is 0 Å². The highest BCUT2D eigenvalue weighted by Crippen LogP contribution is 2.52. The molecule has 1 aromatic rings. The lowest BCUT2D eigenvalue weighted by Gasteiger charge is -2.36. The second-order valence-electron chi connectivity index (χ2n) is 6.58. The van der Waals surface area contributed by atoms with E-state index < -0.39 is 23.3 Å². The number of esters is 2. The predicted octanol–water partition coefficient (Wildman–Crippen LogP) is 2.26. The van der Waals surface area contributed by atoms with Gasteiger partial charge in [0, 0.05) is 17.7 Å². The van der Waals surface area contributed by atoms with Gasteiger partial charge >= 0.3 is 11.9 Å². The number of hydrogen-bond acceptors (Lipinski definition) is 7. The van der Waals surface area contributed by atoms with Gasteiger partial charge in [-0.05, 0) is 26.3 Å². The molecule has 1 atom stereocenters. The van der Waals surface area contributed by atoms with Crippen molar-refractivity contribution >= 4 is 23.5 Å². The van der Waals surface area contributed by atoms with E-state index in [1.54, 1.807) is 38.1 Å². The maximum absolute atomic E-state index is 13.4. The van der Waals surface area contributed by atoms with Gasteiger partial charge in [-0.3, -0.25) is 4.79 Å². The second kappa shape index (κ2) is 7.98. The number of para-hydroxylation sites is 1. The van der Waals surface area contributed by atoms with Gasteiger partial charge in [0.1, 0.15) is 22.3 Å². The Kier molecular flexibility index (Phi) is 5.63. The molecule has 0 bridgehead atoms. The monoisotopic (exact) mass is 400 g/mol. The summed E-state index contributed by atoms with van der Waals surface area (Å²) in [5, 5.41) is 2.76. The van der Waals surface area contributed by atoms with Crippen LogP contribution in [0.3, 0.4) is 0 Å². The van der Waals surface area contributed by atoms with Gasteiger partial charge in [0.15, 0.2) is 0 Å². The third-order valence-corrected chi connectivity index (χ3v) is 4.86. The lowest BCUT2D eigenvalue weighted by atomic mass is 9.67. The Morgan fingerprint density at radius 2 is 1.69 bits per heavy atom. The highest BCUT2D eigenvalue weighted by atomic mass is 16.5. The van der Waals surface area contributed by atoms with Crippen molar-refractivity contribution in [2.24, 2.45) is 5.73 Å². The number of anilines is 1. The minimum absolute atomic E-state index is 0.0408. The first kappa shape index (κ1) is 20.4. The molecule has 2 aliphatic heterocycles. The number of fused-ring (bicyclic) bond motifs is 2. The summed E-state index contributed by atoms with van der Waals surface area (Å²) in [6.45, 7) is 5.35. The van der Waals surface area contributed by atoms with Gasteiger partial charge in [-0.25, -0.2) is 9.59 Å². The van der Waals surface area contributed by atoms with E-state index in [0.717, 1.165) is 0 Å². The largest absolute Gasteiger partial charge is 0.462 e. The summed E-state index contributed by atoms with van der Waals surface area (Å²) < 4.78 is 16.1. The van der Waals surface area contributed by atoms with Crippen molar-refractivity contribution in [1.82, 2.24) is 0 Å². The Hall–Kier alpha value is -3.29. The van der Waals surface area contributed by atoms with Crippen molar-refractivity contribution in [3.05, 3.63) is 52.6 Å². The zero-order valence-electron chi connectivity index (χ0n) is 16.7. The normalized spacial score (nSPS) is 20.3. The molecular formula is C21H24N2O6. The molecule has 3 rings (SSSR count). The molecular weight excluding hydrogens is 376 g/mol. The summed E-state index contributed by atoms with van der Waals surface area (Å²) >= 11 is 0. The zero-order chi connectivity index (χ0) is 21.2. The molecule has 8 nitrogen and oxygen atoms in total. The van der Waals surface area contributed by atoms with Crippen LogP contribution in [-0.4, -0.2) is 31.1 Å². The molecule has 1 aromatic carbocycles. The highest BCUT2D eigenvalue weighted by Gasteiger charge is 2.62. The molecule has 3 N–H and O–H groups in total. The molecule has 154 valence electrons. The first-order valence-electron chi connectivity index (χ1n) is 9.60. The van der Waals surface area contributed by atoms with Gasteiger partial charge in [0.25, 0.3) is 0 Å². The average molecular weight is 400 g/mol. The van der Waals surface area contributed by atoms with Gasteiger partial charge in [-0.1, -0.05) is 25.1 Å². The third-order valence-electron chi connectivity index (χ3n) is 4.86. The van der Waals surface area contributed by atoms with E-state index in [0.29, 0.717) is 24.1 Å². The fraction of sp³-hybridized carbons (Fsp3) is 0.381. The van der Waals surface area contributed by atoms with Crippen LogP contribution in [0.1, 0.15) is 39.2 Å². The number of ether oxygens (including phenoxy) is 3. The van der Waals surface area contributed by atoms with Crippen molar-refractivity contribution in [3.8, 4) is 0 Å². The summed E-state index contributed by atoms with van der Waals surface area (Å²) in [5.41, 5.74) is 4.97. The van der Waals surface area contributed by atoms with E-state index in [4.69, 9.17) is 19.9 Å². The first-order chi connectivity index (χ1) is 13.9.